The lowest BCUT2D eigenvalue weighted by molar-refractivity contribution is 0.0947. The van der Waals surface area contributed by atoms with Crippen molar-refractivity contribution >= 4 is 11.6 Å². The topological polar surface area (TPSA) is 85.6 Å². The summed E-state index contributed by atoms with van der Waals surface area (Å²) < 4.78 is 15.8. The maximum atomic E-state index is 12.3. The summed E-state index contributed by atoms with van der Waals surface area (Å²) >= 11 is 0. The molecule has 0 atom stereocenters. The van der Waals surface area contributed by atoms with E-state index in [0.29, 0.717) is 35.9 Å². The molecule has 1 amide bonds. The van der Waals surface area contributed by atoms with Crippen LogP contribution in [0.3, 0.4) is 0 Å². The van der Waals surface area contributed by atoms with Gasteiger partial charge < -0.3 is 24.5 Å². The van der Waals surface area contributed by atoms with Crippen LogP contribution in [0.4, 0.5) is 5.69 Å². The van der Waals surface area contributed by atoms with Crippen LogP contribution in [-0.4, -0.2) is 31.7 Å². The first-order chi connectivity index (χ1) is 13.7. The standard InChI is InChI=1S/C21H23N3O4/c1-26-19-6-5-15(10-20(19)27-2)7-8-23-17-11-16(12-22-13-17)21(25)24-14-18-4-3-9-28-18/h3-6,9-13,23H,7-8,14H2,1-2H3,(H,24,25). The Labute approximate surface area is 163 Å². The number of rotatable bonds is 9. The van der Waals surface area contributed by atoms with Gasteiger partial charge in [-0.2, -0.15) is 0 Å². The summed E-state index contributed by atoms with van der Waals surface area (Å²) in [6.45, 7) is 1.03. The summed E-state index contributed by atoms with van der Waals surface area (Å²) in [7, 11) is 3.23. The molecule has 0 aliphatic heterocycles. The largest absolute Gasteiger partial charge is 0.493 e. The highest BCUT2D eigenvalue weighted by molar-refractivity contribution is 5.94. The molecule has 28 heavy (non-hydrogen) atoms. The van der Waals surface area contributed by atoms with Crippen molar-refractivity contribution in [3.05, 3.63) is 71.9 Å². The second kappa shape index (κ2) is 9.45. The Morgan fingerprint density at radius 1 is 1.11 bits per heavy atom. The SMILES string of the molecule is COc1ccc(CCNc2cncc(C(=O)NCc3ccco3)c2)cc1OC. The van der Waals surface area contributed by atoms with Crippen molar-refractivity contribution in [2.45, 2.75) is 13.0 Å². The Bertz CT molecular complexity index is 910. The van der Waals surface area contributed by atoms with Gasteiger partial charge in [0.25, 0.3) is 5.91 Å². The normalized spacial score (nSPS) is 10.4. The van der Waals surface area contributed by atoms with Crippen LogP contribution in [0, 0.1) is 0 Å². The van der Waals surface area contributed by atoms with Gasteiger partial charge in [-0.1, -0.05) is 6.07 Å². The molecule has 3 aromatic rings. The molecule has 7 nitrogen and oxygen atoms in total. The minimum Gasteiger partial charge on any atom is -0.493 e. The molecule has 0 saturated carbocycles. The number of benzene rings is 1. The minimum absolute atomic E-state index is 0.201. The van der Waals surface area contributed by atoms with E-state index in [1.807, 2.05) is 24.3 Å². The molecule has 0 aliphatic rings. The van der Waals surface area contributed by atoms with E-state index in [1.54, 1.807) is 38.8 Å². The average molecular weight is 381 g/mol. The predicted molar refractivity (Wildman–Crippen MR) is 106 cm³/mol. The molecule has 0 unspecified atom stereocenters. The molecular weight excluding hydrogens is 358 g/mol. The van der Waals surface area contributed by atoms with Crippen LogP contribution in [0.2, 0.25) is 0 Å². The summed E-state index contributed by atoms with van der Waals surface area (Å²) in [5.74, 6) is 1.91. The number of aromatic nitrogens is 1. The molecule has 2 N–H and O–H groups in total. The molecule has 2 heterocycles. The fourth-order valence-corrected chi connectivity index (χ4v) is 2.73. The van der Waals surface area contributed by atoms with Crippen LogP contribution in [0.25, 0.3) is 0 Å². The van der Waals surface area contributed by atoms with E-state index in [9.17, 15) is 4.79 Å². The molecule has 0 aliphatic carbocycles. The summed E-state index contributed by atoms with van der Waals surface area (Å²) in [4.78, 5) is 16.4. The fraction of sp³-hybridized carbons (Fsp3) is 0.238. The molecule has 0 saturated heterocycles. The zero-order chi connectivity index (χ0) is 19.8. The van der Waals surface area contributed by atoms with Crippen LogP contribution < -0.4 is 20.1 Å². The maximum absolute atomic E-state index is 12.3. The number of pyridine rings is 1. The van der Waals surface area contributed by atoms with E-state index in [1.165, 1.54) is 6.20 Å². The Morgan fingerprint density at radius 3 is 2.71 bits per heavy atom. The van der Waals surface area contributed by atoms with Crippen LogP contribution in [-0.2, 0) is 13.0 Å². The summed E-state index contributed by atoms with van der Waals surface area (Å²) in [6.07, 6.45) is 5.59. The number of hydrogen-bond acceptors (Lipinski definition) is 6. The van der Waals surface area contributed by atoms with Crippen LogP contribution in [0.15, 0.2) is 59.5 Å². The Balaban J connectivity index is 1.53. The van der Waals surface area contributed by atoms with Gasteiger partial charge in [0.2, 0.25) is 0 Å². The van der Waals surface area contributed by atoms with E-state index in [-0.39, 0.29) is 5.91 Å². The molecule has 0 radical (unpaired) electrons. The first kappa shape index (κ1) is 19.3. The number of nitrogens with one attached hydrogen (secondary N) is 2. The highest BCUT2D eigenvalue weighted by Gasteiger charge is 2.08. The van der Waals surface area contributed by atoms with Crippen LogP contribution in [0.5, 0.6) is 11.5 Å². The molecule has 146 valence electrons. The lowest BCUT2D eigenvalue weighted by Crippen LogP contribution is -2.22. The molecule has 0 spiro atoms. The number of furan rings is 1. The molecule has 2 aromatic heterocycles. The number of ether oxygens (including phenoxy) is 2. The first-order valence-corrected chi connectivity index (χ1v) is 8.90. The van der Waals surface area contributed by atoms with Gasteiger partial charge in [0, 0.05) is 18.9 Å². The van der Waals surface area contributed by atoms with Gasteiger partial charge in [0.1, 0.15) is 5.76 Å². The number of carbonyl (C=O) groups is 1. The quantitative estimate of drug-likeness (QED) is 0.592. The zero-order valence-electron chi connectivity index (χ0n) is 15.9. The molecule has 3 rings (SSSR count). The second-order valence-corrected chi connectivity index (χ2v) is 6.09. The Kier molecular flexibility index (Phi) is 6.51. The Morgan fingerprint density at radius 2 is 1.96 bits per heavy atom. The molecule has 0 bridgehead atoms. The van der Waals surface area contributed by atoms with E-state index >= 15 is 0 Å². The number of methoxy groups -OCH3 is 2. The van der Waals surface area contributed by atoms with E-state index in [2.05, 4.69) is 15.6 Å². The van der Waals surface area contributed by atoms with Crippen LogP contribution in [0.1, 0.15) is 21.7 Å². The molecule has 1 aromatic carbocycles. The van der Waals surface area contributed by atoms with E-state index in [4.69, 9.17) is 13.9 Å². The van der Waals surface area contributed by atoms with E-state index in [0.717, 1.165) is 17.7 Å². The van der Waals surface area contributed by atoms with Gasteiger partial charge in [-0.05, 0) is 42.3 Å². The predicted octanol–water partition coefficient (Wildman–Crippen LogP) is 3.28. The smallest absolute Gasteiger partial charge is 0.253 e. The molecule has 0 fully saturated rings. The van der Waals surface area contributed by atoms with Crippen molar-refractivity contribution < 1.29 is 18.7 Å². The minimum atomic E-state index is -0.201. The van der Waals surface area contributed by atoms with Crippen molar-refractivity contribution in [3.63, 3.8) is 0 Å². The Hall–Kier alpha value is -3.48. The lowest BCUT2D eigenvalue weighted by atomic mass is 10.1. The van der Waals surface area contributed by atoms with Gasteiger partial charge in [-0.25, -0.2) is 0 Å². The van der Waals surface area contributed by atoms with E-state index < -0.39 is 0 Å². The number of nitrogens with zero attached hydrogens (tertiary/aromatic N) is 1. The fourth-order valence-electron chi connectivity index (χ4n) is 2.73. The lowest BCUT2D eigenvalue weighted by Gasteiger charge is -2.11. The number of hydrogen-bond donors (Lipinski definition) is 2. The van der Waals surface area contributed by atoms with Gasteiger partial charge in [0.15, 0.2) is 11.5 Å². The summed E-state index contributed by atoms with van der Waals surface area (Å²) in [6, 6.07) is 11.2. The van der Waals surface area contributed by atoms with Crippen molar-refractivity contribution in [2.75, 3.05) is 26.1 Å². The number of amides is 1. The van der Waals surface area contributed by atoms with Crippen molar-refractivity contribution in [1.82, 2.24) is 10.3 Å². The monoisotopic (exact) mass is 381 g/mol. The van der Waals surface area contributed by atoms with Gasteiger partial charge in [-0.15, -0.1) is 0 Å². The third-order valence-corrected chi connectivity index (χ3v) is 4.19. The molecule has 7 heteroatoms. The number of carbonyl (C=O) groups excluding carboxylic acids is 1. The number of anilines is 1. The van der Waals surface area contributed by atoms with Crippen LogP contribution >= 0.6 is 0 Å². The molecular formula is C21H23N3O4. The third-order valence-electron chi connectivity index (χ3n) is 4.19. The maximum Gasteiger partial charge on any atom is 0.253 e. The second-order valence-electron chi connectivity index (χ2n) is 6.09. The summed E-state index contributed by atoms with van der Waals surface area (Å²) in [5, 5.41) is 6.10. The average Bonchev–Trinajstić information content (AvgIpc) is 3.25. The third kappa shape index (κ3) is 5.03. The summed E-state index contributed by atoms with van der Waals surface area (Å²) in [5.41, 5.74) is 2.39. The van der Waals surface area contributed by atoms with Crippen molar-refractivity contribution in [1.29, 1.82) is 0 Å². The zero-order valence-corrected chi connectivity index (χ0v) is 15.9. The van der Waals surface area contributed by atoms with Gasteiger partial charge in [0.05, 0.1) is 38.3 Å². The van der Waals surface area contributed by atoms with Crippen molar-refractivity contribution in [3.8, 4) is 11.5 Å². The highest BCUT2D eigenvalue weighted by atomic mass is 16.5. The van der Waals surface area contributed by atoms with Gasteiger partial charge >= 0.3 is 0 Å². The van der Waals surface area contributed by atoms with Crippen molar-refractivity contribution in [2.24, 2.45) is 0 Å². The highest BCUT2D eigenvalue weighted by Crippen LogP contribution is 2.27. The first-order valence-electron chi connectivity index (χ1n) is 8.90. The van der Waals surface area contributed by atoms with Gasteiger partial charge in [-0.3, -0.25) is 9.78 Å².